The molecule has 4 rings (SSSR count). The van der Waals surface area contributed by atoms with Crippen LogP contribution in [0.15, 0.2) is 4.79 Å². The molecule has 1 aliphatic carbocycles. The van der Waals surface area contributed by atoms with Crippen LogP contribution < -0.4 is 5.56 Å². The minimum atomic E-state index is -0.0340. The fourth-order valence-corrected chi connectivity index (χ4v) is 6.34. The summed E-state index contributed by atoms with van der Waals surface area (Å²) in [5, 5.41) is 9.70. The van der Waals surface area contributed by atoms with Gasteiger partial charge in [0.1, 0.15) is 10.7 Å². The predicted octanol–water partition coefficient (Wildman–Crippen LogP) is 3.02. The van der Waals surface area contributed by atoms with Crippen LogP contribution in [0.25, 0.3) is 10.2 Å². The number of thiophene rings is 1. The number of hydrogen-bond acceptors (Lipinski definition) is 7. The van der Waals surface area contributed by atoms with Crippen molar-refractivity contribution in [2.75, 3.05) is 25.5 Å². The van der Waals surface area contributed by atoms with Crippen LogP contribution in [-0.2, 0) is 28.1 Å². The number of nitrogens with zero attached hydrogens (tertiary/aromatic N) is 3. The highest BCUT2D eigenvalue weighted by atomic mass is 32.2. The van der Waals surface area contributed by atoms with Gasteiger partial charge in [-0.2, -0.15) is 17.0 Å². The van der Waals surface area contributed by atoms with E-state index < -0.39 is 0 Å². The number of nitriles is 1. The fourth-order valence-electron chi connectivity index (χ4n) is 4.27. The third kappa shape index (κ3) is 4.71. The first-order valence-electron chi connectivity index (χ1n) is 10.5. The molecule has 7 nitrogen and oxygen atoms in total. The number of aromatic amines is 1. The van der Waals surface area contributed by atoms with Gasteiger partial charge in [-0.1, -0.05) is 0 Å². The molecule has 0 unspecified atom stereocenters. The Bertz CT molecular complexity index is 1000. The minimum absolute atomic E-state index is 0.0340. The fraction of sp³-hybridized carbons (Fsp3) is 0.619. The Morgan fingerprint density at radius 1 is 1.37 bits per heavy atom. The molecule has 1 saturated heterocycles. The zero-order valence-corrected chi connectivity index (χ0v) is 18.6. The van der Waals surface area contributed by atoms with Crippen LogP contribution in [0, 0.1) is 11.3 Å². The third-order valence-electron chi connectivity index (χ3n) is 5.74. The van der Waals surface area contributed by atoms with Crippen LogP contribution >= 0.6 is 23.1 Å². The summed E-state index contributed by atoms with van der Waals surface area (Å²) in [4.78, 5) is 36.9. The van der Waals surface area contributed by atoms with Crippen LogP contribution in [0.5, 0.6) is 0 Å². The summed E-state index contributed by atoms with van der Waals surface area (Å²) in [5.41, 5.74) is 1.16. The summed E-state index contributed by atoms with van der Waals surface area (Å²) in [5.74, 6) is 2.01. The lowest BCUT2D eigenvalue weighted by molar-refractivity contribution is -0.134. The number of carbonyl (C=O) groups is 1. The standard InChI is InChI=1S/C21H26N4O3S2/c22-8-2-9-25(14-5-10-28-11-6-14)18(26)7-12-29-13-17-23-20(27)19-15-3-1-4-16(15)30-21(19)24-17/h14H,1-7,9-13H2,(H,23,24,27). The maximum absolute atomic E-state index is 12.8. The summed E-state index contributed by atoms with van der Waals surface area (Å²) < 4.78 is 5.40. The molecule has 30 heavy (non-hydrogen) atoms. The Hall–Kier alpha value is -1.89. The lowest BCUT2D eigenvalue weighted by Gasteiger charge is -2.34. The molecule has 0 bridgehead atoms. The highest BCUT2D eigenvalue weighted by molar-refractivity contribution is 7.98. The SMILES string of the molecule is N#CCCN(C(=O)CCSCc1nc2sc3c(c2c(=O)[nH]1)CCC3)C1CCOCC1. The zero-order chi connectivity index (χ0) is 20.9. The Morgan fingerprint density at radius 3 is 3.00 bits per heavy atom. The molecule has 160 valence electrons. The first kappa shape index (κ1) is 21.3. The van der Waals surface area contributed by atoms with E-state index in [-0.39, 0.29) is 17.5 Å². The number of H-pyrrole nitrogens is 1. The third-order valence-corrected chi connectivity index (χ3v) is 7.90. The number of amides is 1. The molecule has 2 aromatic heterocycles. The quantitative estimate of drug-likeness (QED) is 0.626. The molecule has 2 aromatic rings. The van der Waals surface area contributed by atoms with E-state index in [2.05, 4.69) is 16.0 Å². The van der Waals surface area contributed by atoms with Crippen molar-refractivity contribution in [1.82, 2.24) is 14.9 Å². The Morgan fingerprint density at radius 2 is 2.20 bits per heavy atom. The molecular weight excluding hydrogens is 420 g/mol. The number of ether oxygens (including phenoxy) is 1. The van der Waals surface area contributed by atoms with E-state index in [9.17, 15) is 9.59 Å². The van der Waals surface area contributed by atoms with Gasteiger partial charge in [-0.05, 0) is 37.7 Å². The zero-order valence-electron chi connectivity index (χ0n) is 16.9. The van der Waals surface area contributed by atoms with Crippen LogP contribution in [0.1, 0.15) is 48.4 Å². The van der Waals surface area contributed by atoms with Crippen LogP contribution in [0.2, 0.25) is 0 Å². The van der Waals surface area contributed by atoms with Crippen LogP contribution in [0.4, 0.5) is 0 Å². The molecule has 1 aliphatic heterocycles. The number of carbonyl (C=O) groups excluding carboxylic acids is 1. The normalized spacial score (nSPS) is 16.5. The van der Waals surface area contributed by atoms with Crippen molar-refractivity contribution in [2.45, 2.75) is 56.7 Å². The Labute approximate surface area is 183 Å². The van der Waals surface area contributed by atoms with E-state index in [1.165, 1.54) is 10.4 Å². The van der Waals surface area contributed by atoms with E-state index >= 15 is 0 Å². The van der Waals surface area contributed by atoms with Gasteiger partial charge < -0.3 is 14.6 Å². The summed E-state index contributed by atoms with van der Waals surface area (Å²) in [6.45, 7) is 1.83. The average Bonchev–Trinajstić information content (AvgIpc) is 3.33. The van der Waals surface area contributed by atoms with Gasteiger partial charge in [0, 0.05) is 42.9 Å². The maximum atomic E-state index is 12.8. The number of aromatic nitrogens is 2. The molecule has 1 fully saturated rings. The van der Waals surface area contributed by atoms with Crippen molar-refractivity contribution in [3.63, 3.8) is 0 Å². The van der Waals surface area contributed by atoms with Crippen molar-refractivity contribution in [3.05, 3.63) is 26.6 Å². The van der Waals surface area contributed by atoms with Gasteiger partial charge in [-0.25, -0.2) is 4.98 Å². The number of fused-ring (bicyclic) bond motifs is 3. The van der Waals surface area contributed by atoms with Gasteiger partial charge in [0.05, 0.1) is 23.6 Å². The molecule has 0 saturated carbocycles. The molecule has 1 N–H and O–H groups in total. The molecule has 9 heteroatoms. The van der Waals surface area contributed by atoms with E-state index in [0.717, 1.165) is 42.3 Å². The molecule has 0 spiro atoms. The summed E-state index contributed by atoms with van der Waals surface area (Å²) in [7, 11) is 0. The van der Waals surface area contributed by atoms with Gasteiger partial charge >= 0.3 is 0 Å². The van der Waals surface area contributed by atoms with E-state index in [1.807, 2.05) is 4.90 Å². The second-order valence-corrected chi connectivity index (χ2v) is 9.88. The largest absolute Gasteiger partial charge is 0.381 e. The summed E-state index contributed by atoms with van der Waals surface area (Å²) in [6, 6.07) is 2.32. The summed E-state index contributed by atoms with van der Waals surface area (Å²) in [6.07, 6.45) is 5.60. The number of thioether (sulfide) groups is 1. The first-order valence-corrected chi connectivity index (χ1v) is 12.5. The van der Waals surface area contributed by atoms with E-state index in [4.69, 9.17) is 10.00 Å². The molecule has 0 radical (unpaired) electrons. The molecule has 3 heterocycles. The van der Waals surface area contributed by atoms with E-state index in [1.54, 1.807) is 23.1 Å². The topological polar surface area (TPSA) is 99.1 Å². The molecule has 0 aromatic carbocycles. The van der Waals surface area contributed by atoms with Gasteiger partial charge in [-0.3, -0.25) is 9.59 Å². The smallest absolute Gasteiger partial charge is 0.259 e. The van der Waals surface area contributed by atoms with Crippen LogP contribution in [0.3, 0.4) is 0 Å². The molecule has 1 amide bonds. The second-order valence-electron chi connectivity index (χ2n) is 7.69. The molecular formula is C21H26N4O3S2. The number of rotatable bonds is 8. The first-order chi connectivity index (χ1) is 14.7. The molecule has 2 aliphatic rings. The summed E-state index contributed by atoms with van der Waals surface area (Å²) >= 11 is 3.25. The number of nitrogens with one attached hydrogen (secondary N) is 1. The Balaban J connectivity index is 1.32. The second kappa shape index (κ2) is 9.94. The monoisotopic (exact) mass is 446 g/mol. The number of aryl methyl sites for hydroxylation is 2. The highest BCUT2D eigenvalue weighted by Crippen LogP contribution is 2.34. The van der Waals surface area contributed by atoms with Gasteiger partial charge in [0.2, 0.25) is 5.91 Å². The van der Waals surface area contributed by atoms with Gasteiger partial charge in [-0.15, -0.1) is 11.3 Å². The van der Waals surface area contributed by atoms with Crippen molar-refractivity contribution >= 4 is 39.2 Å². The van der Waals surface area contributed by atoms with Crippen molar-refractivity contribution < 1.29 is 9.53 Å². The average molecular weight is 447 g/mol. The highest BCUT2D eigenvalue weighted by Gasteiger charge is 2.25. The Kier molecular flexibility index (Phi) is 7.08. The predicted molar refractivity (Wildman–Crippen MR) is 119 cm³/mol. The van der Waals surface area contributed by atoms with Crippen molar-refractivity contribution in [1.29, 1.82) is 5.26 Å². The maximum Gasteiger partial charge on any atom is 0.259 e. The van der Waals surface area contributed by atoms with E-state index in [0.29, 0.717) is 49.9 Å². The van der Waals surface area contributed by atoms with Crippen molar-refractivity contribution in [3.8, 4) is 6.07 Å². The minimum Gasteiger partial charge on any atom is -0.381 e. The van der Waals surface area contributed by atoms with Gasteiger partial charge in [0.25, 0.3) is 5.56 Å². The van der Waals surface area contributed by atoms with Crippen LogP contribution in [-0.4, -0.2) is 52.3 Å². The lowest BCUT2D eigenvalue weighted by Crippen LogP contribution is -2.44. The van der Waals surface area contributed by atoms with Gasteiger partial charge in [0.15, 0.2) is 0 Å². The lowest BCUT2D eigenvalue weighted by atomic mass is 10.1. The molecule has 0 atom stereocenters. The number of hydrogen-bond donors (Lipinski definition) is 1. The van der Waals surface area contributed by atoms with Crippen molar-refractivity contribution in [2.24, 2.45) is 0 Å².